The number of fused-ring (bicyclic) bond motifs is 2. The number of carbonyl (C=O) groups is 1. The lowest BCUT2D eigenvalue weighted by atomic mass is 9.69. The molecule has 0 atom stereocenters. The lowest BCUT2D eigenvalue weighted by Gasteiger charge is -2.38. The molecular formula is C29H35N3O5. The Labute approximate surface area is 216 Å². The molecule has 0 unspecified atom stereocenters. The van der Waals surface area contributed by atoms with E-state index in [2.05, 4.69) is 11.4 Å². The summed E-state index contributed by atoms with van der Waals surface area (Å²) in [4.78, 5) is 25.6. The molecule has 196 valence electrons. The largest absolute Gasteiger partial charge is 0.497 e. The van der Waals surface area contributed by atoms with E-state index in [-0.39, 0.29) is 11.5 Å². The molecule has 0 spiro atoms. The third-order valence-electron chi connectivity index (χ3n) is 8.01. The highest BCUT2D eigenvalue weighted by atomic mass is 16.6. The number of aryl methyl sites for hydroxylation is 2. The van der Waals surface area contributed by atoms with Gasteiger partial charge in [0.2, 0.25) is 5.91 Å². The number of primary amides is 1. The van der Waals surface area contributed by atoms with E-state index < -0.39 is 5.41 Å². The minimum absolute atomic E-state index is 0.0762. The lowest BCUT2D eigenvalue weighted by molar-refractivity contribution is -0.130. The average molecular weight is 506 g/mol. The standard InChI is InChI=1S/C29H35N3O5/c1-19-15-27(33)32(24-17-22(35-2)4-5-23(19)24)12-11-29(28(30)34)9-7-21(8-10-29)31-18-20-3-6-25-26(16-20)37-14-13-36-25/h3-6,15-17,21,31H,7-14,18H2,1-2H3,(H2,30,34). The predicted octanol–water partition coefficient (Wildman–Crippen LogP) is 3.68. The van der Waals surface area contributed by atoms with Crippen LogP contribution in [-0.2, 0) is 17.9 Å². The molecule has 1 aromatic heterocycles. The number of hydrogen-bond donors (Lipinski definition) is 2. The Morgan fingerprint density at radius 3 is 2.59 bits per heavy atom. The Kier molecular flexibility index (Phi) is 7.11. The summed E-state index contributed by atoms with van der Waals surface area (Å²) in [5.41, 5.74) is 8.15. The van der Waals surface area contributed by atoms with Crippen molar-refractivity contribution in [2.45, 2.75) is 58.2 Å². The molecule has 3 aromatic rings. The van der Waals surface area contributed by atoms with Gasteiger partial charge in [-0.05, 0) is 74.4 Å². The van der Waals surface area contributed by atoms with Gasteiger partial charge in [-0.2, -0.15) is 0 Å². The van der Waals surface area contributed by atoms with Crippen LogP contribution < -0.4 is 30.8 Å². The number of nitrogens with one attached hydrogen (secondary N) is 1. The van der Waals surface area contributed by atoms with Gasteiger partial charge in [-0.15, -0.1) is 0 Å². The number of hydrogen-bond acceptors (Lipinski definition) is 6. The van der Waals surface area contributed by atoms with Crippen molar-refractivity contribution >= 4 is 16.8 Å². The van der Waals surface area contributed by atoms with Crippen LogP contribution in [-0.4, -0.2) is 36.8 Å². The molecule has 1 fully saturated rings. The second-order valence-corrected chi connectivity index (χ2v) is 10.2. The van der Waals surface area contributed by atoms with Crippen LogP contribution >= 0.6 is 0 Å². The van der Waals surface area contributed by atoms with Crippen LogP contribution in [0.4, 0.5) is 0 Å². The summed E-state index contributed by atoms with van der Waals surface area (Å²) in [6, 6.07) is 13.7. The van der Waals surface area contributed by atoms with Crippen molar-refractivity contribution in [1.29, 1.82) is 0 Å². The van der Waals surface area contributed by atoms with Crippen molar-refractivity contribution < 1.29 is 19.0 Å². The zero-order chi connectivity index (χ0) is 26.0. The highest BCUT2D eigenvalue weighted by Crippen LogP contribution is 2.40. The van der Waals surface area contributed by atoms with Gasteiger partial charge in [0.1, 0.15) is 19.0 Å². The number of amides is 1. The topological polar surface area (TPSA) is 105 Å². The summed E-state index contributed by atoms with van der Waals surface area (Å²) in [6.45, 7) is 4.24. The fraction of sp³-hybridized carbons (Fsp3) is 0.448. The highest BCUT2D eigenvalue weighted by Gasteiger charge is 2.40. The maximum Gasteiger partial charge on any atom is 0.251 e. The van der Waals surface area contributed by atoms with Crippen LogP contribution in [0, 0.1) is 12.3 Å². The fourth-order valence-electron chi connectivity index (χ4n) is 5.67. The molecule has 8 nitrogen and oxygen atoms in total. The Balaban J connectivity index is 1.25. The number of methoxy groups -OCH3 is 1. The zero-order valence-corrected chi connectivity index (χ0v) is 21.5. The first-order chi connectivity index (χ1) is 17.9. The minimum atomic E-state index is -0.620. The summed E-state index contributed by atoms with van der Waals surface area (Å²) < 4.78 is 18.4. The average Bonchev–Trinajstić information content (AvgIpc) is 2.91. The van der Waals surface area contributed by atoms with E-state index in [0.29, 0.717) is 50.8 Å². The Morgan fingerprint density at radius 2 is 1.86 bits per heavy atom. The zero-order valence-electron chi connectivity index (χ0n) is 21.5. The van der Waals surface area contributed by atoms with Gasteiger partial charge in [0.15, 0.2) is 11.5 Å². The number of carbonyl (C=O) groups excluding carboxylic acids is 1. The van der Waals surface area contributed by atoms with Crippen molar-refractivity contribution in [2.75, 3.05) is 20.3 Å². The number of nitrogens with zero attached hydrogens (tertiary/aromatic N) is 1. The Bertz CT molecular complexity index is 1360. The fourth-order valence-corrected chi connectivity index (χ4v) is 5.67. The van der Waals surface area contributed by atoms with Crippen LogP contribution in [0.15, 0.2) is 47.3 Å². The van der Waals surface area contributed by atoms with Crippen LogP contribution in [0.3, 0.4) is 0 Å². The van der Waals surface area contributed by atoms with E-state index in [4.69, 9.17) is 19.9 Å². The molecular weight excluding hydrogens is 470 g/mol. The summed E-state index contributed by atoms with van der Waals surface area (Å²) in [5, 5.41) is 4.63. The van der Waals surface area contributed by atoms with Crippen molar-refractivity contribution in [3.8, 4) is 17.2 Å². The first kappa shape index (κ1) is 25.1. The summed E-state index contributed by atoms with van der Waals surface area (Å²) in [7, 11) is 1.61. The predicted molar refractivity (Wildman–Crippen MR) is 142 cm³/mol. The van der Waals surface area contributed by atoms with Gasteiger partial charge in [-0.1, -0.05) is 6.07 Å². The Hall–Kier alpha value is -3.52. The van der Waals surface area contributed by atoms with Crippen LogP contribution in [0.2, 0.25) is 0 Å². The van der Waals surface area contributed by atoms with E-state index in [1.165, 1.54) is 0 Å². The SMILES string of the molecule is COc1ccc2c(C)cc(=O)n(CCC3(C(N)=O)CCC(NCc4ccc5c(c4)OCCO5)CC3)c2c1. The third-order valence-corrected chi connectivity index (χ3v) is 8.01. The number of aromatic nitrogens is 1. The molecule has 37 heavy (non-hydrogen) atoms. The molecule has 1 aliphatic heterocycles. The molecule has 5 rings (SSSR count). The van der Waals surface area contributed by atoms with Gasteiger partial charge < -0.3 is 29.8 Å². The molecule has 8 heteroatoms. The maximum atomic E-state index is 12.9. The normalized spacial score (nSPS) is 21.1. The van der Waals surface area contributed by atoms with E-state index >= 15 is 0 Å². The van der Waals surface area contributed by atoms with E-state index in [0.717, 1.165) is 52.9 Å². The lowest BCUT2D eigenvalue weighted by Crippen LogP contribution is -2.45. The van der Waals surface area contributed by atoms with Gasteiger partial charge in [0.25, 0.3) is 5.56 Å². The molecule has 2 heterocycles. The molecule has 3 N–H and O–H groups in total. The molecule has 0 bridgehead atoms. The number of ether oxygens (including phenoxy) is 3. The number of benzene rings is 2. The highest BCUT2D eigenvalue weighted by molar-refractivity contribution is 5.84. The molecule has 1 saturated carbocycles. The maximum absolute atomic E-state index is 12.9. The molecule has 2 aromatic carbocycles. The molecule has 0 saturated heterocycles. The van der Waals surface area contributed by atoms with Gasteiger partial charge >= 0.3 is 0 Å². The van der Waals surface area contributed by atoms with Crippen molar-refractivity contribution in [1.82, 2.24) is 9.88 Å². The van der Waals surface area contributed by atoms with Crippen molar-refractivity contribution in [2.24, 2.45) is 11.1 Å². The van der Waals surface area contributed by atoms with E-state index in [1.807, 2.05) is 37.3 Å². The van der Waals surface area contributed by atoms with Crippen molar-refractivity contribution in [3.63, 3.8) is 0 Å². The second kappa shape index (κ2) is 10.5. The van der Waals surface area contributed by atoms with Gasteiger partial charge in [0.05, 0.1) is 18.0 Å². The molecule has 0 radical (unpaired) electrons. The quantitative estimate of drug-likeness (QED) is 0.484. The van der Waals surface area contributed by atoms with Crippen molar-refractivity contribution in [3.05, 3.63) is 63.9 Å². The monoisotopic (exact) mass is 505 g/mol. The van der Waals surface area contributed by atoms with Crippen LogP contribution in [0.1, 0.15) is 43.2 Å². The molecule has 1 aliphatic carbocycles. The third kappa shape index (κ3) is 5.16. The van der Waals surface area contributed by atoms with Crippen LogP contribution in [0.5, 0.6) is 17.2 Å². The summed E-state index contributed by atoms with van der Waals surface area (Å²) in [5.74, 6) is 2.00. The van der Waals surface area contributed by atoms with Gasteiger partial charge in [0, 0.05) is 36.7 Å². The Morgan fingerprint density at radius 1 is 1.11 bits per heavy atom. The van der Waals surface area contributed by atoms with Gasteiger partial charge in [-0.25, -0.2) is 0 Å². The van der Waals surface area contributed by atoms with Gasteiger partial charge in [-0.3, -0.25) is 9.59 Å². The first-order valence-electron chi connectivity index (χ1n) is 13.0. The molecule has 2 aliphatic rings. The van der Waals surface area contributed by atoms with Crippen LogP contribution in [0.25, 0.3) is 10.9 Å². The smallest absolute Gasteiger partial charge is 0.251 e. The number of pyridine rings is 1. The number of rotatable bonds is 8. The van der Waals surface area contributed by atoms with E-state index in [9.17, 15) is 9.59 Å². The first-order valence-corrected chi connectivity index (χ1v) is 13.0. The molecule has 1 amide bonds. The minimum Gasteiger partial charge on any atom is -0.497 e. The second-order valence-electron chi connectivity index (χ2n) is 10.2. The van der Waals surface area contributed by atoms with E-state index in [1.54, 1.807) is 17.7 Å². The summed E-state index contributed by atoms with van der Waals surface area (Å²) in [6.07, 6.45) is 3.63. The summed E-state index contributed by atoms with van der Waals surface area (Å²) >= 11 is 0. The number of nitrogens with two attached hydrogens (primary N) is 1.